The Morgan fingerprint density at radius 2 is 2.08 bits per heavy atom. The number of hydrogen-bond donors (Lipinski definition) is 0. The maximum absolute atomic E-state index is 13.0. The van der Waals surface area contributed by atoms with Gasteiger partial charge in [0.25, 0.3) is 0 Å². The third-order valence-corrected chi connectivity index (χ3v) is 6.79. The van der Waals surface area contributed by atoms with Gasteiger partial charge in [-0.15, -0.1) is 0 Å². The molecule has 2 aliphatic rings. The van der Waals surface area contributed by atoms with Crippen LogP contribution in [0.4, 0.5) is 0 Å². The highest BCUT2D eigenvalue weighted by atomic mass is 32.2. The highest BCUT2D eigenvalue weighted by Crippen LogP contribution is 2.33. The highest BCUT2D eigenvalue weighted by molar-refractivity contribution is 7.89. The van der Waals surface area contributed by atoms with E-state index >= 15 is 0 Å². The van der Waals surface area contributed by atoms with Gasteiger partial charge in [0.05, 0.1) is 18.1 Å². The molecule has 0 N–H and O–H groups in total. The van der Waals surface area contributed by atoms with Crippen molar-refractivity contribution in [3.8, 4) is 11.5 Å². The summed E-state index contributed by atoms with van der Waals surface area (Å²) < 4.78 is 40.7. The van der Waals surface area contributed by atoms with Gasteiger partial charge in [0.15, 0.2) is 11.5 Å². The van der Waals surface area contributed by atoms with E-state index in [4.69, 9.17) is 9.47 Å². The summed E-state index contributed by atoms with van der Waals surface area (Å²) in [5, 5.41) is 0. The SMILES string of the molecule is CN(CC1CCc2nccn2C1)S(=O)(=O)c1ccc2c(c1)OCCCO2. The molecule has 0 spiro atoms. The molecule has 0 saturated heterocycles. The topological polar surface area (TPSA) is 73.7 Å². The van der Waals surface area contributed by atoms with Crippen LogP contribution in [0.5, 0.6) is 11.5 Å². The molecular weight excluding hydrogens is 354 g/mol. The van der Waals surface area contributed by atoms with Gasteiger partial charge in [-0.1, -0.05) is 0 Å². The van der Waals surface area contributed by atoms with Crippen LogP contribution >= 0.6 is 0 Å². The van der Waals surface area contributed by atoms with Crippen molar-refractivity contribution in [3.63, 3.8) is 0 Å². The van der Waals surface area contributed by atoms with E-state index in [1.165, 1.54) is 4.31 Å². The summed E-state index contributed by atoms with van der Waals surface area (Å²) in [4.78, 5) is 4.56. The number of nitrogens with zero attached hydrogens (tertiary/aromatic N) is 3. The lowest BCUT2D eigenvalue weighted by Gasteiger charge is -2.28. The third-order valence-electron chi connectivity index (χ3n) is 4.98. The van der Waals surface area contributed by atoms with Gasteiger partial charge in [0.1, 0.15) is 5.82 Å². The Morgan fingerprint density at radius 1 is 1.27 bits per heavy atom. The van der Waals surface area contributed by atoms with Gasteiger partial charge < -0.3 is 14.0 Å². The summed E-state index contributed by atoms with van der Waals surface area (Å²) in [5.74, 6) is 2.45. The van der Waals surface area contributed by atoms with E-state index in [2.05, 4.69) is 9.55 Å². The fourth-order valence-corrected chi connectivity index (χ4v) is 4.79. The number of fused-ring (bicyclic) bond motifs is 2. The van der Waals surface area contributed by atoms with E-state index in [-0.39, 0.29) is 10.8 Å². The Labute approximate surface area is 153 Å². The second kappa shape index (κ2) is 6.92. The molecule has 2 aliphatic heterocycles. The van der Waals surface area contributed by atoms with Crippen molar-refractivity contribution in [1.29, 1.82) is 0 Å². The molecule has 26 heavy (non-hydrogen) atoms. The van der Waals surface area contributed by atoms with Gasteiger partial charge in [0.2, 0.25) is 10.0 Å². The van der Waals surface area contributed by atoms with Gasteiger partial charge >= 0.3 is 0 Å². The number of aromatic nitrogens is 2. The van der Waals surface area contributed by atoms with Crippen LogP contribution in [0.2, 0.25) is 0 Å². The summed E-state index contributed by atoms with van der Waals surface area (Å²) in [6, 6.07) is 4.84. The first kappa shape index (κ1) is 17.4. The molecule has 1 unspecified atom stereocenters. The average Bonchev–Trinajstić information content (AvgIpc) is 2.97. The summed E-state index contributed by atoms with van der Waals surface area (Å²) in [5.41, 5.74) is 0. The highest BCUT2D eigenvalue weighted by Gasteiger charge is 2.27. The van der Waals surface area contributed by atoms with E-state index in [0.717, 1.165) is 31.6 Å². The molecule has 1 aromatic heterocycles. The predicted molar refractivity (Wildman–Crippen MR) is 95.9 cm³/mol. The lowest BCUT2D eigenvalue weighted by molar-refractivity contribution is 0.296. The number of benzene rings is 1. The molecule has 140 valence electrons. The van der Waals surface area contributed by atoms with Crippen LogP contribution < -0.4 is 9.47 Å². The number of sulfonamides is 1. The predicted octanol–water partition coefficient (Wildman–Crippen LogP) is 1.93. The molecular formula is C18H23N3O4S. The van der Waals surface area contributed by atoms with Crippen LogP contribution in [0, 0.1) is 5.92 Å². The average molecular weight is 377 g/mol. The van der Waals surface area contributed by atoms with Crippen LogP contribution in [0.3, 0.4) is 0 Å². The second-order valence-corrected chi connectivity index (χ2v) is 8.89. The van der Waals surface area contributed by atoms with Gasteiger partial charge in [-0.3, -0.25) is 0 Å². The molecule has 0 amide bonds. The summed E-state index contributed by atoms with van der Waals surface area (Å²) >= 11 is 0. The monoisotopic (exact) mass is 377 g/mol. The van der Waals surface area contributed by atoms with Crippen molar-refractivity contribution in [1.82, 2.24) is 13.9 Å². The molecule has 4 rings (SSSR count). The third kappa shape index (κ3) is 3.31. The molecule has 8 heteroatoms. The Hall–Kier alpha value is -2.06. The maximum Gasteiger partial charge on any atom is 0.242 e. The van der Waals surface area contributed by atoms with Gasteiger partial charge in [-0.25, -0.2) is 17.7 Å². The van der Waals surface area contributed by atoms with E-state index in [1.807, 2.05) is 6.20 Å². The summed E-state index contributed by atoms with van der Waals surface area (Å²) in [6.07, 6.45) is 6.37. The van der Waals surface area contributed by atoms with Gasteiger partial charge in [0, 0.05) is 51.4 Å². The molecule has 1 atom stereocenters. The minimum absolute atomic E-state index is 0.239. The first-order valence-corrected chi connectivity index (χ1v) is 10.3. The molecule has 0 fully saturated rings. The molecule has 0 bridgehead atoms. The van der Waals surface area contributed by atoms with Crippen LogP contribution in [0.15, 0.2) is 35.5 Å². The number of ether oxygens (including phenoxy) is 2. The van der Waals surface area contributed by atoms with Crippen LogP contribution in [0.25, 0.3) is 0 Å². The fraction of sp³-hybridized carbons (Fsp3) is 0.500. The fourth-order valence-electron chi connectivity index (χ4n) is 3.53. The molecule has 2 aromatic rings. The Morgan fingerprint density at radius 3 is 2.92 bits per heavy atom. The van der Waals surface area contributed by atoms with E-state index in [1.54, 1.807) is 31.4 Å². The number of hydrogen-bond acceptors (Lipinski definition) is 5. The Kier molecular flexibility index (Phi) is 4.62. The summed E-state index contributed by atoms with van der Waals surface area (Å²) in [7, 11) is -1.93. The Balaban J connectivity index is 1.50. The van der Waals surface area contributed by atoms with E-state index in [0.29, 0.717) is 31.3 Å². The quantitative estimate of drug-likeness (QED) is 0.814. The molecule has 0 aliphatic carbocycles. The maximum atomic E-state index is 13.0. The Bertz CT molecular complexity index is 894. The first-order chi connectivity index (χ1) is 12.5. The number of rotatable bonds is 4. The largest absolute Gasteiger partial charge is 0.490 e. The molecule has 1 aromatic carbocycles. The molecule has 3 heterocycles. The zero-order chi connectivity index (χ0) is 18.1. The first-order valence-electron chi connectivity index (χ1n) is 8.90. The second-order valence-electron chi connectivity index (χ2n) is 6.85. The molecule has 0 radical (unpaired) electrons. The number of imidazole rings is 1. The van der Waals surface area contributed by atoms with Gasteiger partial charge in [-0.05, 0) is 24.5 Å². The molecule has 0 saturated carbocycles. The lowest BCUT2D eigenvalue weighted by Crippen LogP contribution is -2.35. The standard InChI is InChI=1S/C18H23N3O4S/c1-20(12-14-3-6-18-19-7-8-21(18)13-14)26(22,23)15-4-5-16-17(11-15)25-10-2-9-24-16/h4-5,7-8,11,14H,2-3,6,9-10,12-13H2,1H3. The van der Waals surface area contributed by atoms with E-state index < -0.39 is 10.0 Å². The summed E-state index contributed by atoms with van der Waals surface area (Å²) in [6.45, 7) is 2.39. The lowest BCUT2D eigenvalue weighted by atomic mass is 10.00. The minimum atomic E-state index is -3.57. The smallest absolute Gasteiger partial charge is 0.242 e. The van der Waals surface area contributed by atoms with Gasteiger partial charge in [-0.2, -0.15) is 0 Å². The number of aryl methyl sites for hydroxylation is 1. The van der Waals surface area contributed by atoms with Crippen molar-refractivity contribution >= 4 is 10.0 Å². The van der Waals surface area contributed by atoms with E-state index in [9.17, 15) is 8.42 Å². The normalized spacial score (nSPS) is 19.8. The molecule has 7 nitrogen and oxygen atoms in total. The van der Waals surface area contributed by atoms with Crippen molar-refractivity contribution in [2.75, 3.05) is 26.8 Å². The zero-order valence-electron chi connectivity index (χ0n) is 14.8. The van der Waals surface area contributed by atoms with Crippen molar-refractivity contribution in [2.45, 2.75) is 30.7 Å². The van der Waals surface area contributed by atoms with Crippen molar-refractivity contribution in [3.05, 3.63) is 36.4 Å². The minimum Gasteiger partial charge on any atom is -0.490 e. The van der Waals surface area contributed by atoms with Crippen LogP contribution in [-0.4, -0.2) is 49.1 Å². The zero-order valence-corrected chi connectivity index (χ0v) is 15.6. The van der Waals surface area contributed by atoms with Crippen molar-refractivity contribution in [2.24, 2.45) is 5.92 Å². The van der Waals surface area contributed by atoms with Crippen molar-refractivity contribution < 1.29 is 17.9 Å². The van der Waals surface area contributed by atoms with Crippen LogP contribution in [0.1, 0.15) is 18.7 Å². The van der Waals surface area contributed by atoms with Crippen LogP contribution in [-0.2, 0) is 23.0 Å².